The molecule has 1 aromatic rings. The summed E-state index contributed by atoms with van der Waals surface area (Å²) in [4.78, 5) is 1.18. The van der Waals surface area contributed by atoms with E-state index in [1.165, 1.54) is 4.88 Å². The van der Waals surface area contributed by atoms with Gasteiger partial charge in [-0.05, 0) is 30.7 Å². The van der Waals surface area contributed by atoms with Gasteiger partial charge in [0.1, 0.15) is 0 Å². The zero-order valence-corrected chi connectivity index (χ0v) is 8.39. The van der Waals surface area contributed by atoms with Crippen LogP contribution in [-0.2, 0) is 0 Å². The van der Waals surface area contributed by atoms with Gasteiger partial charge in [0.25, 0.3) is 0 Å². The molecular weight excluding hydrogens is 198 g/mol. The van der Waals surface area contributed by atoms with Gasteiger partial charge in [0, 0.05) is 4.88 Å². The lowest BCUT2D eigenvalue weighted by molar-refractivity contribution is 1.31. The third-order valence-corrected chi connectivity index (χ3v) is 2.72. The molecule has 1 nitrogen and oxygen atoms in total. The Morgan fingerprint density at radius 1 is 1.64 bits per heavy atom. The van der Waals surface area contributed by atoms with E-state index in [1.807, 2.05) is 30.7 Å². The summed E-state index contributed by atoms with van der Waals surface area (Å²) in [5.74, 6) is 0. The maximum absolute atomic E-state index is 5.74. The molecule has 0 unspecified atom stereocenters. The van der Waals surface area contributed by atoms with Gasteiger partial charge >= 0.3 is 0 Å². The van der Waals surface area contributed by atoms with Crippen molar-refractivity contribution in [2.75, 3.05) is 7.05 Å². The maximum Gasteiger partial charge on any atom is 0.0934 e. The van der Waals surface area contributed by atoms with Gasteiger partial charge in [0.2, 0.25) is 0 Å². The van der Waals surface area contributed by atoms with Crippen LogP contribution in [0.4, 0.5) is 0 Å². The molecule has 4 heteroatoms. The van der Waals surface area contributed by atoms with Crippen molar-refractivity contribution in [3.8, 4) is 0 Å². The SMILES string of the molecule is CNS/C=C/c1ccc(Cl)s1. The molecule has 0 spiro atoms. The molecule has 1 N–H and O–H groups in total. The van der Waals surface area contributed by atoms with Crippen LogP contribution in [0.15, 0.2) is 17.5 Å². The van der Waals surface area contributed by atoms with Crippen LogP contribution in [0.1, 0.15) is 4.88 Å². The Morgan fingerprint density at radius 2 is 2.45 bits per heavy atom. The topological polar surface area (TPSA) is 12.0 Å². The van der Waals surface area contributed by atoms with Gasteiger partial charge in [0.05, 0.1) is 4.34 Å². The molecule has 1 rings (SSSR count). The highest BCUT2D eigenvalue weighted by molar-refractivity contribution is 8.00. The number of hydrogen-bond acceptors (Lipinski definition) is 3. The van der Waals surface area contributed by atoms with Crippen molar-refractivity contribution in [3.63, 3.8) is 0 Å². The fourth-order valence-electron chi connectivity index (χ4n) is 0.587. The van der Waals surface area contributed by atoms with Crippen molar-refractivity contribution in [1.82, 2.24) is 4.72 Å². The molecule has 60 valence electrons. The van der Waals surface area contributed by atoms with Crippen LogP contribution in [0.5, 0.6) is 0 Å². The van der Waals surface area contributed by atoms with Crippen LogP contribution in [-0.4, -0.2) is 7.05 Å². The molecule has 0 amide bonds. The minimum Gasteiger partial charge on any atom is -0.263 e. The van der Waals surface area contributed by atoms with Crippen LogP contribution in [0.3, 0.4) is 0 Å². The van der Waals surface area contributed by atoms with Gasteiger partial charge in [-0.25, -0.2) is 0 Å². The molecule has 0 fully saturated rings. The van der Waals surface area contributed by atoms with Crippen LogP contribution >= 0.6 is 34.9 Å². The highest BCUT2D eigenvalue weighted by Gasteiger charge is 1.91. The Morgan fingerprint density at radius 3 is 3.00 bits per heavy atom. The minimum atomic E-state index is 0.833. The molecule has 0 aliphatic heterocycles. The van der Waals surface area contributed by atoms with E-state index < -0.39 is 0 Å². The average Bonchev–Trinajstić information content (AvgIpc) is 2.37. The number of thiophene rings is 1. The van der Waals surface area contributed by atoms with Crippen molar-refractivity contribution in [1.29, 1.82) is 0 Å². The zero-order chi connectivity index (χ0) is 8.10. The van der Waals surface area contributed by atoms with Crippen LogP contribution < -0.4 is 4.72 Å². The minimum absolute atomic E-state index is 0.833. The molecule has 0 aromatic carbocycles. The lowest BCUT2D eigenvalue weighted by atomic mass is 10.5. The summed E-state index contributed by atoms with van der Waals surface area (Å²) >= 11 is 8.86. The Bertz CT molecular complexity index is 244. The van der Waals surface area contributed by atoms with E-state index in [4.69, 9.17) is 11.6 Å². The molecule has 0 aliphatic carbocycles. The van der Waals surface area contributed by atoms with Gasteiger partial charge in [-0.1, -0.05) is 23.5 Å². The third-order valence-electron chi connectivity index (χ3n) is 1.01. The monoisotopic (exact) mass is 205 g/mol. The first kappa shape index (κ1) is 9.13. The normalized spacial score (nSPS) is 11.1. The predicted molar refractivity (Wildman–Crippen MR) is 55.0 cm³/mol. The molecule has 0 saturated carbocycles. The smallest absolute Gasteiger partial charge is 0.0934 e. The van der Waals surface area contributed by atoms with Crippen LogP contribution in [0, 0.1) is 0 Å². The van der Waals surface area contributed by atoms with Crippen molar-refractivity contribution < 1.29 is 0 Å². The summed E-state index contributed by atoms with van der Waals surface area (Å²) < 4.78 is 3.78. The fraction of sp³-hybridized carbons (Fsp3) is 0.143. The summed E-state index contributed by atoms with van der Waals surface area (Å²) in [6.07, 6.45) is 2.03. The Kier molecular flexibility index (Phi) is 4.01. The molecule has 0 radical (unpaired) electrons. The van der Waals surface area contributed by atoms with Crippen molar-refractivity contribution in [2.45, 2.75) is 0 Å². The number of halogens is 1. The van der Waals surface area contributed by atoms with E-state index in [-0.39, 0.29) is 0 Å². The molecule has 0 saturated heterocycles. The predicted octanol–water partition coefficient (Wildman–Crippen LogP) is 3.24. The first-order valence-electron chi connectivity index (χ1n) is 3.07. The standard InChI is InChI=1S/C7H8ClNS2/c1-9-10-5-4-6-2-3-7(8)11-6/h2-5,9H,1H3/b5-4+. The summed E-state index contributed by atoms with van der Waals surface area (Å²) in [7, 11) is 1.89. The lowest BCUT2D eigenvalue weighted by Gasteiger charge is -1.85. The molecule has 0 aliphatic rings. The Labute approximate surface area is 79.6 Å². The lowest BCUT2D eigenvalue weighted by Crippen LogP contribution is -1.85. The second-order valence-electron chi connectivity index (χ2n) is 1.77. The highest BCUT2D eigenvalue weighted by atomic mass is 35.5. The molecule has 1 aromatic heterocycles. The van der Waals surface area contributed by atoms with E-state index in [1.54, 1.807) is 23.3 Å². The van der Waals surface area contributed by atoms with Crippen LogP contribution in [0.25, 0.3) is 6.08 Å². The van der Waals surface area contributed by atoms with Gasteiger partial charge in [0.15, 0.2) is 0 Å². The summed E-state index contributed by atoms with van der Waals surface area (Å²) in [5.41, 5.74) is 0. The van der Waals surface area contributed by atoms with Gasteiger partial charge < -0.3 is 0 Å². The van der Waals surface area contributed by atoms with E-state index in [9.17, 15) is 0 Å². The largest absolute Gasteiger partial charge is 0.263 e. The fourth-order valence-corrected chi connectivity index (χ4v) is 1.99. The van der Waals surface area contributed by atoms with E-state index in [0.717, 1.165) is 4.34 Å². The second-order valence-corrected chi connectivity index (χ2v) is 4.43. The van der Waals surface area contributed by atoms with Crippen molar-refractivity contribution >= 4 is 41.0 Å². The van der Waals surface area contributed by atoms with E-state index >= 15 is 0 Å². The summed E-state index contributed by atoms with van der Waals surface area (Å²) in [5, 5.41) is 1.99. The number of rotatable bonds is 3. The van der Waals surface area contributed by atoms with E-state index in [0.29, 0.717) is 0 Å². The third kappa shape index (κ3) is 3.29. The maximum atomic E-state index is 5.74. The van der Waals surface area contributed by atoms with Crippen molar-refractivity contribution in [3.05, 3.63) is 26.8 Å². The van der Waals surface area contributed by atoms with Gasteiger partial charge in [-0.15, -0.1) is 11.3 Å². The Hall–Kier alpha value is 0.0400. The second kappa shape index (κ2) is 4.83. The first-order valence-corrected chi connectivity index (χ1v) is 5.14. The van der Waals surface area contributed by atoms with Gasteiger partial charge in [-0.2, -0.15) is 0 Å². The molecular formula is C7H8ClNS2. The van der Waals surface area contributed by atoms with Crippen molar-refractivity contribution in [2.24, 2.45) is 0 Å². The highest BCUT2D eigenvalue weighted by Crippen LogP contribution is 2.22. The summed E-state index contributed by atoms with van der Waals surface area (Å²) in [6, 6.07) is 3.90. The number of hydrogen-bond donors (Lipinski definition) is 1. The Balaban J connectivity index is 2.50. The molecule has 0 atom stereocenters. The molecule has 11 heavy (non-hydrogen) atoms. The van der Waals surface area contributed by atoms with Gasteiger partial charge in [-0.3, -0.25) is 4.72 Å². The zero-order valence-electron chi connectivity index (χ0n) is 6.00. The number of nitrogens with one attached hydrogen (secondary N) is 1. The summed E-state index contributed by atoms with van der Waals surface area (Å²) in [6.45, 7) is 0. The average molecular weight is 206 g/mol. The molecule has 0 bridgehead atoms. The molecule has 1 heterocycles. The van der Waals surface area contributed by atoms with Crippen LogP contribution in [0.2, 0.25) is 4.34 Å². The first-order chi connectivity index (χ1) is 5.33. The van der Waals surface area contributed by atoms with E-state index in [2.05, 4.69) is 4.72 Å². The quantitative estimate of drug-likeness (QED) is 0.761.